The van der Waals surface area contributed by atoms with Gasteiger partial charge in [0.25, 0.3) is 11.7 Å². The summed E-state index contributed by atoms with van der Waals surface area (Å²) in [5, 5.41) is 23.5. The highest BCUT2D eigenvalue weighted by Gasteiger charge is 2.20. The molecule has 0 amide bonds. The van der Waals surface area contributed by atoms with Crippen molar-refractivity contribution < 1.29 is 14.4 Å². The fraction of sp³-hybridized carbons (Fsp3) is 0.500. The maximum atomic E-state index is 10.7. The number of aliphatic hydroxyl groups excluding tert-OH is 1. The quantitative estimate of drug-likeness (QED) is 0.663. The number of nitrogens with zero attached hydrogens (tertiary/aromatic N) is 2. The zero-order chi connectivity index (χ0) is 14.8. The third kappa shape index (κ3) is 3.13. The third-order valence-electron chi connectivity index (χ3n) is 3.88. The van der Waals surface area contributed by atoms with Crippen LogP contribution in [0.2, 0.25) is 0 Å². The number of oxazole rings is 1. The Morgan fingerprint density at radius 3 is 3.10 bits per heavy atom. The van der Waals surface area contributed by atoms with Crippen LogP contribution in [0.15, 0.2) is 22.6 Å². The van der Waals surface area contributed by atoms with Crippen molar-refractivity contribution in [1.29, 1.82) is 0 Å². The number of nitrogens with one attached hydrogen (secondary N) is 1. The Morgan fingerprint density at radius 1 is 1.48 bits per heavy atom. The van der Waals surface area contributed by atoms with Crippen LogP contribution in [0.25, 0.3) is 11.1 Å². The van der Waals surface area contributed by atoms with Crippen molar-refractivity contribution >= 4 is 22.8 Å². The predicted molar refractivity (Wildman–Crippen MR) is 77.1 cm³/mol. The van der Waals surface area contributed by atoms with E-state index in [1.54, 1.807) is 6.07 Å². The van der Waals surface area contributed by atoms with Gasteiger partial charge in [-0.15, -0.1) is 0 Å². The molecule has 1 aromatic heterocycles. The Bertz CT molecular complexity index is 655. The fourth-order valence-electron chi connectivity index (χ4n) is 2.78. The average molecular weight is 291 g/mol. The van der Waals surface area contributed by atoms with Gasteiger partial charge >= 0.3 is 0 Å². The first-order chi connectivity index (χ1) is 10.1. The van der Waals surface area contributed by atoms with Gasteiger partial charge in [0.2, 0.25) is 0 Å². The number of benzene rings is 1. The molecule has 1 aliphatic rings. The van der Waals surface area contributed by atoms with Crippen LogP contribution >= 0.6 is 0 Å². The first-order valence-corrected chi connectivity index (χ1v) is 7.09. The van der Waals surface area contributed by atoms with Gasteiger partial charge in [-0.05, 0) is 31.2 Å². The van der Waals surface area contributed by atoms with E-state index in [1.165, 1.54) is 12.1 Å². The minimum Gasteiger partial charge on any atom is -0.423 e. The van der Waals surface area contributed by atoms with E-state index in [-0.39, 0.29) is 11.8 Å². The van der Waals surface area contributed by atoms with E-state index in [0.29, 0.717) is 29.6 Å². The summed E-state index contributed by atoms with van der Waals surface area (Å²) in [4.78, 5) is 14.5. The lowest BCUT2D eigenvalue weighted by Crippen LogP contribution is -2.25. The summed E-state index contributed by atoms with van der Waals surface area (Å²) in [6, 6.07) is 4.72. The molecule has 3 rings (SSSR count). The Morgan fingerprint density at radius 2 is 2.33 bits per heavy atom. The molecule has 0 radical (unpaired) electrons. The van der Waals surface area contributed by atoms with Gasteiger partial charge in [0.15, 0.2) is 5.58 Å². The maximum absolute atomic E-state index is 10.7. The highest BCUT2D eigenvalue weighted by atomic mass is 16.6. The summed E-state index contributed by atoms with van der Waals surface area (Å²) in [5.41, 5.74) is 0.975. The SMILES string of the molecule is O=[N+]([O-])c1ccc2nc(NCC3CCCC(O)C3)oc2c1. The molecule has 2 unspecified atom stereocenters. The number of hydrogen-bond donors (Lipinski definition) is 2. The second-order valence-electron chi connectivity index (χ2n) is 5.50. The number of hydrogen-bond acceptors (Lipinski definition) is 6. The second kappa shape index (κ2) is 5.69. The highest BCUT2D eigenvalue weighted by Crippen LogP contribution is 2.26. The molecule has 1 saturated carbocycles. The second-order valence-corrected chi connectivity index (χ2v) is 5.50. The van der Waals surface area contributed by atoms with Crippen LogP contribution in [0.1, 0.15) is 25.7 Å². The predicted octanol–water partition coefficient (Wildman–Crippen LogP) is 2.70. The molecular formula is C14H17N3O4. The number of non-ortho nitro benzene ring substituents is 1. The Kier molecular flexibility index (Phi) is 3.74. The van der Waals surface area contributed by atoms with Crippen molar-refractivity contribution in [1.82, 2.24) is 4.98 Å². The Hall–Kier alpha value is -2.15. The van der Waals surface area contributed by atoms with Gasteiger partial charge in [0.05, 0.1) is 17.1 Å². The van der Waals surface area contributed by atoms with Crippen molar-refractivity contribution in [2.24, 2.45) is 5.92 Å². The van der Waals surface area contributed by atoms with E-state index < -0.39 is 4.92 Å². The lowest BCUT2D eigenvalue weighted by molar-refractivity contribution is -0.384. The van der Waals surface area contributed by atoms with E-state index in [9.17, 15) is 15.2 Å². The van der Waals surface area contributed by atoms with Gasteiger partial charge in [-0.3, -0.25) is 10.1 Å². The van der Waals surface area contributed by atoms with Crippen molar-refractivity contribution in [3.8, 4) is 0 Å². The number of aromatic nitrogens is 1. The molecule has 112 valence electrons. The van der Waals surface area contributed by atoms with E-state index in [4.69, 9.17) is 4.42 Å². The maximum Gasteiger partial charge on any atom is 0.295 e. The molecule has 0 spiro atoms. The normalized spacial score (nSPS) is 22.3. The van der Waals surface area contributed by atoms with Gasteiger partial charge in [-0.1, -0.05) is 6.42 Å². The van der Waals surface area contributed by atoms with Gasteiger partial charge in [0.1, 0.15) is 5.52 Å². The number of nitro benzene ring substituents is 1. The number of nitro groups is 1. The first kappa shape index (κ1) is 13.8. The largest absolute Gasteiger partial charge is 0.423 e. The van der Waals surface area contributed by atoms with Crippen LogP contribution in [0, 0.1) is 16.0 Å². The van der Waals surface area contributed by atoms with Crippen molar-refractivity contribution in [3.05, 3.63) is 28.3 Å². The molecule has 7 nitrogen and oxygen atoms in total. The molecule has 1 aliphatic carbocycles. The zero-order valence-electron chi connectivity index (χ0n) is 11.5. The van der Waals surface area contributed by atoms with Gasteiger partial charge in [0, 0.05) is 12.6 Å². The standard InChI is InChI=1S/C14H17N3O4/c18-11-3-1-2-9(6-11)8-15-14-16-12-5-4-10(17(19)20)7-13(12)21-14/h4-5,7,9,11,18H,1-3,6,8H2,(H,15,16). The molecular weight excluding hydrogens is 274 g/mol. The molecule has 0 bridgehead atoms. The Balaban J connectivity index is 1.68. The molecule has 2 N–H and O–H groups in total. The topological polar surface area (TPSA) is 101 Å². The summed E-state index contributed by atoms with van der Waals surface area (Å²) >= 11 is 0. The molecule has 1 heterocycles. The van der Waals surface area contributed by atoms with Crippen LogP contribution in [-0.4, -0.2) is 27.7 Å². The van der Waals surface area contributed by atoms with Crippen LogP contribution in [-0.2, 0) is 0 Å². The molecule has 2 atom stereocenters. The minimum absolute atomic E-state index is 0.0133. The van der Waals surface area contributed by atoms with Gasteiger partial charge in [-0.2, -0.15) is 4.98 Å². The molecule has 2 aromatic rings. The summed E-state index contributed by atoms with van der Waals surface area (Å²) in [6.45, 7) is 0.686. The molecule has 0 aliphatic heterocycles. The van der Waals surface area contributed by atoms with E-state index in [0.717, 1.165) is 25.7 Å². The molecule has 0 saturated heterocycles. The van der Waals surface area contributed by atoms with Crippen molar-refractivity contribution in [2.45, 2.75) is 31.8 Å². The number of rotatable bonds is 4. The molecule has 1 fully saturated rings. The van der Waals surface area contributed by atoms with Crippen LogP contribution < -0.4 is 5.32 Å². The Labute approximate surface area is 121 Å². The van der Waals surface area contributed by atoms with Crippen LogP contribution in [0.3, 0.4) is 0 Å². The van der Waals surface area contributed by atoms with Crippen LogP contribution in [0.4, 0.5) is 11.7 Å². The summed E-state index contributed by atoms with van der Waals surface area (Å²) in [6.07, 6.45) is 3.57. The zero-order valence-corrected chi connectivity index (χ0v) is 11.5. The minimum atomic E-state index is -0.460. The van der Waals surface area contributed by atoms with E-state index in [1.807, 2.05) is 0 Å². The monoisotopic (exact) mass is 291 g/mol. The van der Waals surface area contributed by atoms with Crippen LogP contribution in [0.5, 0.6) is 0 Å². The summed E-state index contributed by atoms with van der Waals surface area (Å²) in [7, 11) is 0. The number of fused-ring (bicyclic) bond motifs is 1. The highest BCUT2D eigenvalue weighted by molar-refractivity contribution is 5.77. The number of aliphatic hydroxyl groups is 1. The molecule has 7 heteroatoms. The van der Waals surface area contributed by atoms with Crippen molar-refractivity contribution in [3.63, 3.8) is 0 Å². The average Bonchev–Trinajstić information content (AvgIpc) is 2.87. The lowest BCUT2D eigenvalue weighted by atomic mass is 9.87. The summed E-state index contributed by atoms with van der Waals surface area (Å²) in [5.74, 6) is 0.401. The smallest absolute Gasteiger partial charge is 0.295 e. The summed E-state index contributed by atoms with van der Waals surface area (Å²) < 4.78 is 5.49. The number of anilines is 1. The molecule has 21 heavy (non-hydrogen) atoms. The lowest BCUT2D eigenvalue weighted by Gasteiger charge is -2.25. The molecule has 1 aromatic carbocycles. The van der Waals surface area contributed by atoms with Crippen molar-refractivity contribution in [2.75, 3.05) is 11.9 Å². The van der Waals surface area contributed by atoms with E-state index in [2.05, 4.69) is 10.3 Å². The third-order valence-corrected chi connectivity index (χ3v) is 3.88. The van der Waals surface area contributed by atoms with Gasteiger partial charge in [-0.25, -0.2) is 0 Å². The first-order valence-electron chi connectivity index (χ1n) is 7.09. The van der Waals surface area contributed by atoms with E-state index >= 15 is 0 Å². The van der Waals surface area contributed by atoms with Gasteiger partial charge < -0.3 is 14.8 Å². The fourth-order valence-corrected chi connectivity index (χ4v) is 2.78.